The molecule has 0 saturated carbocycles. The summed E-state index contributed by atoms with van der Waals surface area (Å²) in [7, 11) is 0. The van der Waals surface area contributed by atoms with Gasteiger partial charge in [0.1, 0.15) is 5.75 Å². The molecule has 84 valence electrons. The minimum Gasteiger partial charge on any atom is -0.478 e. The summed E-state index contributed by atoms with van der Waals surface area (Å²) in [5.41, 5.74) is 2.37. The number of carboxylic acids is 1. The first kappa shape index (κ1) is 9.51. The Balaban J connectivity index is 2.05. The van der Waals surface area contributed by atoms with Gasteiger partial charge >= 0.3 is 5.97 Å². The van der Waals surface area contributed by atoms with Gasteiger partial charge in [0.15, 0.2) is 0 Å². The summed E-state index contributed by atoms with van der Waals surface area (Å²) in [6.07, 6.45) is 1.41. The Kier molecular flexibility index (Phi) is 2.02. The summed E-state index contributed by atoms with van der Waals surface area (Å²) in [6.45, 7) is 1.39. The van der Waals surface area contributed by atoms with Crippen molar-refractivity contribution in [1.82, 2.24) is 0 Å². The quantitative estimate of drug-likeness (QED) is 0.773. The van der Waals surface area contributed by atoms with E-state index in [1.165, 1.54) is 5.56 Å². The number of hydrogen-bond acceptors (Lipinski definition) is 3. The van der Waals surface area contributed by atoms with E-state index >= 15 is 0 Å². The molecule has 0 amide bonds. The molecular formula is C12H13NO3. The maximum absolute atomic E-state index is 11.0. The van der Waals surface area contributed by atoms with Crippen molar-refractivity contribution >= 4 is 11.7 Å². The van der Waals surface area contributed by atoms with Gasteiger partial charge in [-0.2, -0.15) is 0 Å². The number of para-hydroxylation sites is 1. The van der Waals surface area contributed by atoms with E-state index in [1.807, 2.05) is 12.1 Å². The number of rotatable bonds is 1. The van der Waals surface area contributed by atoms with Crippen molar-refractivity contribution in [3.8, 4) is 5.75 Å². The van der Waals surface area contributed by atoms with Gasteiger partial charge < -0.3 is 14.7 Å². The van der Waals surface area contributed by atoms with Crippen LogP contribution >= 0.6 is 0 Å². The van der Waals surface area contributed by atoms with Gasteiger partial charge in [0, 0.05) is 6.54 Å². The highest BCUT2D eigenvalue weighted by molar-refractivity contribution is 5.77. The van der Waals surface area contributed by atoms with E-state index in [9.17, 15) is 4.79 Å². The Morgan fingerprint density at radius 1 is 1.50 bits per heavy atom. The number of benzene rings is 1. The molecule has 1 aromatic rings. The fraction of sp³-hybridized carbons (Fsp3) is 0.417. The smallest absolute Gasteiger partial charge is 0.346 e. The minimum atomic E-state index is -0.887. The Morgan fingerprint density at radius 3 is 3.19 bits per heavy atom. The maximum Gasteiger partial charge on any atom is 0.346 e. The van der Waals surface area contributed by atoms with Crippen LogP contribution in [0.5, 0.6) is 5.75 Å². The van der Waals surface area contributed by atoms with E-state index in [1.54, 1.807) is 0 Å². The molecule has 3 rings (SSSR count). The highest BCUT2D eigenvalue weighted by atomic mass is 16.5. The molecule has 1 aromatic carbocycles. The van der Waals surface area contributed by atoms with E-state index in [-0.39, 0.29) is 0 Å². The summed E-state index contributed by atoms with van der Waals surface area (Å²) >= 11 is 0. The summed E-state index contributed by atoms with van der Waals surface area (Å²) in [6, 6.07) is 5.88. The third kappa shape index (κ3) is 1.33. The second-order valence-electron chi connectivity index (χ2n) is 4.26. The molecule has 1 N–H and O–H groups in total. The van der Waals surface area contributed by atoms with Crippen LogP contribution in [0.3, 0.4) is 0 Å². The highest BCUT2D eigenvalue weighted by Gasteiger charge is 2.33. The minimum absolute atomic E-state index is 0.458. The largest absolute Gasteiger partial charge is 0.478 e. The summed E-state index contributed by atoms with van der Waals surface area (Å²) in [5, 5.41) is 9.01. The van der Waals surface area contributed by atoms with Gasteiger partial charge in [-0.1, -0.05) is 12.1 Å². The lowest BCUT2D eigenvalue weighted by molar-refractivity contribution is -0.144. The van der Waals surface area contributed by atoms with Gasteiger partial charge in [-0.15, -0.1) is 0 Å². The molecule has 2 heterocycles. The SMILES string of the molecule is O=C(O)C1CN2CCCc3cccc(c32)O1. The van der Waals surface area contributed by atoms with Crippen LogP contribution in [0.1, 0.15) is 12.0 Å². The van der Waals surface area contributed by atoms with Crippen LogP contribution in [0.2, 0.25) is 0 Å². The normalized spacial score (nSPS) is 22.2. The third-order valence-corrected chi connectivity index (χ3v) is 3.20. The molecule has 0 saturated heterocycles. The molecular weight excluding hydrogens is 206 g/mol. The van der Waals surface area contributed by atoms with Crippen LogP contribution in [0.15, 0.2) is 18.2 Å². The predicted octanol–water partition coefficient (Wildman–Crippen LogP) is 1.28. The zero-order chi connectivity index (χ0) is 11.1. The first-order valence-corrected chi connectivity index (χ1v) is 5.52. The second-order valence-corrected chi connectivity index (χ2v) is 4.26. The second kappa shape index (κ2) is 3.40. The molecule has 1 unspecified atom stereocenters. The standard InChI is InChI=1S/C12H13NO3/c14-12(15)10-7-13-6-2-4-8-3-1-5-9(16-10)11(8)13/h1,3,5,10H,2,4,6-7H2,(H,14,15). The first-order chi connectivity index (χ1) is 7.75. The molecule has 2 aliphatic heterocycles. The lowest BCUT2D eigenvalue weighted by Gasteiger charge is -2.38. The van der Waals surface area contributed by atoms with Gasteiger partial charge in [0.05, 0.1) is 12.2 Å². The number of ether oxygens (including phenoxy) is 1. The molecule has 0 radical (unpaired) electrons. The number of carboxylic acid groups (broad SMARTS) is 1. The predicted molar refractivity (Wildman–Crippen MR) is 59.0 cm³/mol. The van der Waals surface area contributed by atoms with Crippen LogP contribution in [-0.2, 0) is 11.2 Å². The Morgan fingerprint density at radius 2 is 2.38 bits per heavy atom. The van der Waals surface area contributed by atoms with Crippen LogP contribution in [0.25, 0.3) is 0 Å². The number of aryl methyl sites for hydroxylation is 1. The Labute approximate surface area is 93.4 Å². The average molecular weight is 219 g/mol. The van der Waals surface area contributed by atoms with Crippen molar-refractivity contribution in [1.29, 1.82) is 0 Å². The van der Waals surface area contributed by atoms with Crippen LogP contribution in [-0.4, -0.2) is 30.3 Å². The van der Waals surface area contributed by atoms with Gasteiger partial charge in [0.25, 0.3) is 0 Å². The van der Waals surface area contributed by atoms with Crippen molar-refractivity contribution < 1.29 is 14.6 Å². The fourth-order valence-electron chi connectivity index (χ4n) is 2.50. The lowest BCUT2D eigenvalue weighted by Crippen LogP contribution is -2.46. The molecule has 0 aliphatic carbocycles. The molecule has 4 nitrogen and oxygen atoms in total. The number of anilines is 1. The summed E-state index contributed by atoms with van der Waals surface area (Å²) in [5.74, 6) is -0.169. The summed E-state index contributed by atoms with van der Waals surface area (Å²) in [4.78, 5) is 13.1. The van der Waals surface area contributed by atoms with E-state index in [0.717, 1.165) is 30.8 Å². The van der Waals surface area contributed by atoms with E-state index in [2.05, 4.69) is 11.0 Å². The molecule has 0 bridgehead atoms. The number of aliphatic carboxylic acids is 1. The zero-order valence-electron chi connectivity index (χ0n) is 8.85. The van der Waals surface area contributed by atoms with Crippen LogP contribution in [0.4, 0.5) is 5.69 Å². The molecule has 16 heavy (non-hydrogen) atoms. The zero-order valence-corrected chi connectivity index (χ0v) is 8.85. The number of carbonyl (C=O) groups is 1. The molecule has 4 heteroatoms. The van der Waals surface area contributed by atoms with Crippen molar-refractivity contribution in [3.63, 3.8) is 0 Å². The van der Waals surface area contributed by atoms with Crippen molar-refractivity contribution in [2.24, 2.45) is 0 Å². The molecule has 0 aromatic heterocycles. The Bertz CT molecular complexity index is 444. The summed E-state index contributed by atoms with van der Waals surface area (Å²) < 4.78 is 5.50. The molecule has 2 aliphatic rings. The molecule has 0 spiro atoms. The highest BCUT2D eigenvalue weighted by Crippen LogP contribution is 2.39. The monoisotopic (exact) mass is 219 g/mol. The van der Waals surface area contributed by atoms with Crippen molar-refractivity contribution in [2.75, 3.05) is 18.0 Å². The van der Waals surface area contributed by atoms with E-state index < -0.39 is 12.1 Å². The van der Waals surface area contributed by atoms with Gasteiger partial charge in [0.2, 0.25) is 6.10 Å². The topological polar surface area (TPSA) is 49.8 Å². The fourth-order valence-corrected chi connectivity index (χ4v) is 2.50. The van der Waals surface area contributed by atoms with Gasteiger partial charge in [-0.05, 0) is 24.5 Å². The maximum atomic E-state index is 11.0. The van der Waals surface area contributed by atoms with Gasteiger partial charge in [-0.3, -0.25) is 0 Å². The first-order valence-electron chi connectivity index (χ1n) is 5.52. The molecule has 1 atom stereocenters. The van der Waals surface area contributed by atoms with Crippen LogP contribution in [0, 0.1) is 0 Å². The van der Waals surface area contributed by atoms with E-state index in [0.29, 0.717) is 6.54 Å². The number of nitrogens with zero attached hydrogens (tertiary/aromatic N) is 1. The number of hydrogen-bond donors (Lipinski definition) is 1. The van der Waals surface area contributed by atoms with Gasteiger partial charge in [-0.25, -0.2) is 4.79 Å². The van der Waals surface area contributed by atoms with Crippen molar-refractivity contribution in [3.05, 3.63) is 23.8 Å². The van der Waals surface area contributed by atoms with Crippen molar-refractivity contribution in [2.45, 2.75) is 18.9 Å². The average Bonchev–Trinajstić information content (AvgIpc) is 2.29. The molecule has 0 fully saturated rings. The lowest BCUT2D eigenvalue weighted by atomic mass is 9.99. The van der Waals surface area contributed by atoms with Crippen LogP contribution < -0.4 is 9.64 Å². The third-order valence-electron chi connectivity index (χ3n) is 3.20. The Hall–Kier alpha value is -1.71. The van der Waals surface area contributed by atoms with E-state index in [4.69, 9.17) is 9.84 Å².